The number of carbonyl (C=O) groups is 1. The van der Waals surface area contributed by atoms with Crippen molar-refractivity contribution in [2.24, 2.45) is 16.2 Å². The summed E-state index contributed by atoms with van der Waals surface area (Å²) in [7, 11) is 0. The van der Waals surface area contributed by atoms with Crippen LogP contribution in [0.5, 0.6) is 0 Å². The molecular weight excluding hydrogens is 770 g/mol. The van der Waals surface area contributed by atoms with E-state index in [-0.39, 0.29) is 40.0 Å². The highest BCUT2D eigenvalue weighted by Gasteiger charge is 2.66. The van der Waals surface area contributed by atoms with Crippen LogP contribution in [0.1, 0.15) is 98.9 Å². The number of fused-ring (bicyclic) bond motifs is 2. The zero-order valence-electron chi connectivity index (χ0n) is 34.4. The number of unbranched alkanes of at least 4 members (excludes halogenated alkanes) is 1. The average Bonchev–Trinajstić information content (AvgIpc) is 3.76. The molecule has 1 aliphatic heterocycles. The molecule has 4 bridgehead atoms. The van der Waals surface area contributed by atoms with Crippen LogP contribution in [0.3, 0.4) is 0 Å². The first-order valence-corrected chi connectivity index (χ1v) is 21.8. The lowest BCUT2D eigenvalue weighted by Crippen LogP contribution is -2.64. The minimum atomic E-state index is -1.11. The molecule has 1 aromatic carbocycles. The van der Waals surface area contributed by atoms with Crippen LogP contribution in [0.25, 0.3) is 21.3 Å². The molecule has 2 atom stereocenters. The summed E-state index contributed by atoms with van der Waals surface area (Å²) in [6.07, 6.45) is 11.8. The molecule has 2 unspecified atom stereocenters. The molecule has 312 valence electrons. The predicted octanol–water partition coefficient (Wildman–Crippen LogP) is 8.12. The number of carboxylic acid groups (broad SMARTS) is 1. The van der Waals surface area contributed by atoms with E-state index < -0.39 is 5.97 Å². The Morgan fingerprint density at radius 3 is 2.56 bits per heavy atom. The minimum absolute atomic E-state index is 0.0289. The summed E-state index contributed by atoms with van der Waals surface area (Å²) >= 11 is 1.23. The van der Waals surface area contributed by atoms with Crippen LogP contribution in [-0.4, -0.2) is 84.6 Å². The third-order valence-electron chi connectivity index (χ3n) is 13.3. The summed E-state index contributed by atoms with van der Waals surface area (Å²) in [5.74, 6) is 0.264. The molecule has 5 aliphatic rings. The fraction of sp³-hybridized carbons (Fsp3) is 0.545. The number of pyridine rings is 1. The molecule has 0 radical (unpaired) electrons. The van der Waals surface area contributed by atoms with Crippen molar-refractivity contribution in [3.05, 3.63) is 64.9 Å². The maximum absolute atomic E-state index is 14.4. The third kappa shape index (κ3) is 7.48. The van der Waals surface area contributed by atoms with Crippen LogP contribution in [0, 0.1) is 35.9 Å². The maximum atomic E-state index is 14.4. The molecule has 15 heteroatoms. The number of ether oxygens (including phenoxy) is 1. The SMILES string of the molecule is Cc1c(Nc2nc3cccc(F)c3s2)nnc2c1CCCN2c1ccc(-c2cnn(CC34CC5(C)CC(C)(C3)CC(OCCNCCCCO)(C5)C4)c2C)c(C(=O)O)n1. The van der Waals surface area contributed by atoms with Gasteiger partial charge in [-0.1, -0.05) is 31.3 Å². The highest BCUT2D eigenvalue weighted by Crippen LogP contribution is 2.72. The van der Waals surface area contributed by atoms with Gasteiger partial charge in [0.1, 0.15) is 11.6 Å². The van der Waals surface area contributed by atoms with Crippen molar-refractivity contribution in [1.29, 1.82) is 0 Å². The molecule has 4 fully saturated rings. The van der Waals surface area contributed by atoms with Crippen molar-refractivity contribution < 1.29 is 24.1 Å². The number of aliphatic hydroxyl groups excluding tert-OH is 1. The van der Waals surface area contributed by atoms with Gasteiger partial charge in [-0.2, -0.15) is 5.10 Å². The second-order valence-electron chi connectivity index (χ2n) is 18.5. The van der Waals surface area contributed by atoms with Gasteiger partial charge in [0.05, 0.1) is 28.6 Å². The van der Waals surface area contributed by atoms with Gasteiger partial charge < -0.3 is 30.5 Å². The first-order valence-electron chi connectivity index (χ1n) is 21.0. The lowest BCUT2D eigenvalue weighted by atomic mass is 9.39. The number of aliphatic hydroxyl groups is 1. The van der Waals surface area contributed by atoms with Crippen LogP contribution in [-0.2, 0) is 17.7 Å². The van der Waals surface area contributed by atoms with E-state index in [0.717, 1.165) is 99.8 Å². The van der Waals surface area contributed by atoms with Gasteiger partial charge in [0, 0.05) is 54.2 Å². The quantitative estimate of drug-likeness (QED) is 0.0752. The lowest BCUT2D eigenvalue weighted by Gasteiger charge is -2.69. The normalized spacial score (nSPS) is 25.8. The number of anilines is 4. The van der Waals surface area contributed by atoms with E-state index in [9.17, 15) is 14.3 Å². The van der Waals surface area contributed by atoms with E-state index in [1.165, 1.54) is 23.8 Å². The van der Waals surface area contributed by atoms with E-state index >= 15 is 0 Å². The number of halogens is 1. The van der Waals surface area contributed by atoms with Crippen molar-refractivity contribution in [2.75, 3.05) is 43.1 Å². The molecule has 0 saturated heterocycles. The topological polar surface area (TPSA) is 163 Å². The fourth-order valence-electron chi connectivity index (χ4n) is 12.1. The average molecular weight is 824 g/mol. The number of hydrogen-bond acceptors (Lipinski definition) is 12. The number of aromatic nitrogens is 6. The maximum Gasteiger partial charge on any atom is 0.355 e. The third-order valence-corrected chi connectivity index (χ3v) is 14.3. The zero-order chi connectivity index (χ0) is 41.2. The highest BCUT2D eigenvalue weighted by atomic mass is 32.1. The molecule has 5 aromatic rings. The zero-order valence-corrected chi connectivity index (χ0v) is 35.2. The van der Waals surface area contributed by atoms with Crippen LogP contribution < -0.4 is 15.5 Å². The van der Waals surface area contributed by atoms with Crippen molar-refractivity contribution in [3.63, 3.8) is 0 Å². The minimum Gasteiger partial charge on any atom is -0.476 e. The number of hydrogen-bond donors (Lipinski definition) is 4. The van der Waals surface area contributed by atoms with Gasteiger partial charge in [-0.05, 0) is 125 Å². The van der Waals surface area contributed by atoms with Crippen LogP contribution >= 0.6 is 11.3 Å². The number of rotatable bonds is 15. The number of nitrogens with one attached hydrogen (secondary N) is 2. The highest BCUT2D eigenvalue weighted by molar-refractivity contribution is 7.22. The Kier molecular flexibility index (Phi) is 10.2. The molecule has 0 spiro atoms. The molecule has 10 rings (SSSR count). The molecule has 13 nitrogen and oxygen atoms in total. The van der Waals surface area contributed by atoms with Crippen LogP contribution in [0.2, 0.25) is 0 Å². The van der Waals surface area contributed by atoms with E-state index in [4.69, 9.17) is 19.9 Å². The van der Waals surface area contributed by atoms with Crippen molar-refractivity contribution in [1.82, 2.24) is 35.3 Å². The van der Waals surface area contributed by atoms with Gasteiger partial charge in [0.15, 0.2) is 22.5 Å². The largest absolute Gasteiger partial charge is 0.476 e. The Morgan fingerprint density at radius 1 is 0.983 bits per heavy atom. The molecule has 5 heterocycles. The molecular formula is C44H54FN9O4S. The summed E-state index contributed by atoms with van der Waals surface area (Å²) in [5.41, 5.74) is 4.94. The van der Waals surface area contributed by atoms with Gasteiger partial charge in [-0.15, -0.1) is 10.2 Å². The lowest BCUT2D eigenvalue weighted by molar-refractivity contribution is -0.247. The molecule has 4 N–H and O–H groups in total. The number of carboxylic acids is 1. The van der Waals surface area contributed by atoms with Crippen LogP contribution in [0.4, 0.5) is 27.0 Å². The van der Waals surface area contributed by atoms with E-state index in [1.54, 1.807) is 18.3 Å². The molecule has 59 heavy (non-hydrogen) atoms. The fourth-order valence-corrected chi connectivity index (χ4v) is 13.0. The Hall–Kier alpha value is -4.57. The van der Waals surface area contributed by atoms with Gasteiger partial charge in [0.25, 0.3) is 0 Å². The summed E-state index contributed by atoms with van der Waals surface area (Å²) in [6.45, 7) is 12.9. The number of benzene rings is 1. The van der Waals surface area contributed by atoms with Crippen molar-refractivity contribution in [2.45, 2.75) is 104 Å². The van der Waals surface area contributed by atoms with Gasteiger partial charge in [0.2, 0.25) is 0 Å². The predicted molar refractivity (Wildman–Crippen MR) is 226 cm³/mol. The second-order valence-corrected chi connectivity index (χ2v) is 19.5. The second kappa shape index (κ2) is 15.2. The molecule has 0 amide bonds. The van der Waals surface area contributed by atoms with Gasteiger partial charge >= 0.3 is 5.97 Å². The Morgan fingerprint density at radius 2 is 1.80 bits per heavy atom. The standard InChI is InChI=1S/C44H54FN9O4S/c1-27-29-9-8-16-53(38(29)52-51-37(27)50-40-48-33-11-7-10-32(45)36(33)59-40)34-13-12-30(35(49-34)39(56)57)31-19-47-54(28(31)2)26-43-21-41(3)20-42(4,22-43)24-44(23-41,25-43)58-18-15-46-14-5-6-17-55/h7,10-13,19,46,55H,5-6,8-9,14-18,20-26H2,1-4H3,(H,56,57)(H,48,50,51). The Bertz CT molecular complexity index is 2400. The number of thiazole rings is 1. The summed E-state index contributed by atoms with van der Waals surface area (Å²) in [5, 5.41) is 41.0. The summed E-state index contributed by atoms with van der Waals surface area (Å²) in [4.78, 5) is 24.2. The van der Waals surface area contributed by atoms with E-state index in [1.807, 2.05) is 30.9 Å². The van der Waals surface area contributed by atoms with Crippen molar-refractivity contribution >= 4 is 50.1 Å². The van der Waals surface area contributed by atoms with E-state index in [0.29, 0.717) is 51.5 Å². The molecule has 4 aromatic heterocycles. The summed E-state index contributed by atoms with van der Waals surface area (Å²) < 4.78 is 23.8. The van der Waals surface area contributed by atoms with E-state index in [2.05, 4.69) is 44.3 Å². The van der Waals surface area contributed by atoms with Crippen LogP contribution in [0.15, 0.2) is 36.5 Å². The first kappa shape index (κ1) is 39.9. The number of aromatic carboxylic acids is 1. The summed E-state index contributed by atoms with van der Waals surface area (Å²) in [6, 6.07) is 8.57. The van der Waals surface area contributed by atoms with Gasteiger partial charge in [-0.25, -0.2) is 19.2 Å². The Balaban J connectivity index is 0.948. The number of nitrogens with zero attached hydrogens (tertiary/aromatic N) is 7. The first-order chi connectivity index (χ1) is 28.3. The molecule has 4 aliphatic carbocycles. The van der Waals surface area contributed by atoms with Gasteiger partial charge in [-0.3, -0.25) is 4.68 Å². The Labute approximate surface area is 347 Å². The molecule has 4 saturated carbocycles. The monoisotopic (exact) mass is 823 g/mol. The smallest absolute Gasteiger partial charge is 0.355 e. The van der Waals surface area contributed by atoms with Crippen molar-refractivity contribution in [3.8, 4) is 11.1 Å².